The minimum atomic E-state index is -0.725. The molecule has 0 aliphatic heterocycles. The Hall–Kier alpha value is -1.34. The lowest BCUT2D eigenvalue weighted by molar-refractivity contribution is 0.0317. The number of hydrogen-bond acceptors (Lipinski definition) is 5. The Kier molecular flexibility index (Phi) is 6.52. The van der Waals surface area contributed by atoms with Crippen LogP contribution in [0, 0.1) is 0 Å². The predicted molar refractivity (Wildman–Crippen MR) is 62.4 cm³/mol. The highest BCUT2D eigenvalue weighted by molar-refractivity contribution is 5.90. The number of nitrogens with zero attached hydrogens (tertiary/aromatic N) is 1. The van der Waals surface area contributed by atoms with Crippen LogP contribution in [0.3, 0.4) is 0 Å². The second kappa shape index (κ2) is 7.08. The zero-order valence-electron chi connectivity index (χ0n) is 10.8. The summed E-state index contributed by atoms with van der Waals surface area (Å²) in [4.78, 5) is 24.2. The van der Waals surface area contributed by atoms with Crippen LogP contribution in [-0.4, -0.2) is 49.6 Å². The average Bonchev–Trinajstić information content (AvgIpc) is 2.19. The molecular formula is C10H21N3O4. The van der Waals surface area contributed by atoms with Crippen molar-refractivity contribution in [2.24, 2.45) is 5.73 Å². The maximum absolute atomic E-state index is 11.7. The number of carbonyl (C=O) groups is 2. The number of nitrogens with one attached hydrogen (secondary N) is 1. The zero-order chi connectivity index (χ0) is 13.5. The molecule has 0 rings (SSSR count). The van der Waals surface area contributed by atoms with Gasteiger partial charge in [0, 0.05) is 20.2 Å². The summed E-state index contributed by atoms with van der Waals surface area (Å²) in [6, 6.07) is -0.591. The van der Waals surface area contributed by atoms with Crippen LogP contribution in [0.25, 0.3) is 0 Å². The molecule has 0 heterocycles. The third-order valence-electron chi connectivity index (χ3n) is 1.58. The van der Waals surface area contributed by atoms with Crippen LogP contribution in [0.4, 0.5) is 9.59 Å². The first-order chi connectivity index (χ1) is 7.81. The van der Waals surface area contributed by atoms with E-state index in [4.69, 9.17) is 10.5 Å². The number of carbonyl (C=O) groups excluding carboxylic acids is 2. The van der Waals surface area contributed by atoms with E-state index in [1.54, 1.807) is 20.8 Å². The Labute approximate surface area is 101 Å². The lowest BCUT2D eigenvalue weighted by atomic mass is 10.2. The number of ether oxygens (including phenoxy) is 2. The first kappa shape index (κ1) is 15.7. The van der Waals surface area contributed by atoms with E-state index in [0.29, 0.717) is 0 Å². The third-order valence-corrected chi connectivity index (χ3v) is 1.58. The predicted octanol–water partition coefficient (Wildman–Crippen LogP) is 0.496. The molecule has 0 saturated heterocycles. The number of urea groups is 1. The highest BCUT2D eigenvalue weighted by atomic mass is 16.6. The van der Waals surface area contributed by atoms with Gasteiger partial charge in [0.15, 0.2) is 0 Å². The van der Waals surface area contributed by atoms with Gasteiger partial charge < -0.3 is 20.5 Å². The Bertz CT molecular complexity index is 263. The van der Waals surface area contributed by atoms with Crippen molar-refractivity contribution in [3.63, 3.8) is 0 Å². The fraction of sp³-hybridized carbons (Fsp3) is 0.800. The van der Waals surface area contributed by atoms with E-state index in [0.717, 1.165) is 4.90 Å². The van der Waals surface area contributed by atoms with Crippen molar-refractivity contribution in [1.29, 1.82) is 0 Å². The van der Waals surface area contributed by atoms with E-state index >= 15 is 0 Å². The average molecular weight is 247 g/mol. The Morgan fingerprint density at radius 3 is 2.35 bits per heavy atom. The molecule has 100 valence electrons. The molecule has 3 amide bonds. The molecule has 0 aromatic rings. The first-order valence-corrected chi connectivity index (χ1v) is 5.29. The van der Waals surface area contributed by atoms with Crippen molar-refractivity contribution >= 4 is 12.1 Å². The van der Waals surface area contributed by atoms with Crippen molar-refractivity contribution < 1.29 is 19.1 Å². The number of imide groups is 1. The SMILES string of the molecule is COCNC(=O)N(CCN)C(=O)OC(C)(C)C. The molecule has 0 aromatic carbocycles. The van der Waals surface area contributed by atoms with E-state index in [1.165, 1.54) is 7.11 Å². The summed E-state index contributed by atoms with van der Waals surface area (Å²) in [5.41, 5.74) is 4.68. The fourth-order valence-electron chi connectivity index (χ4n) is 0.951. The Balaban J connectivity index is 4.50. The summed E-state index contributed by atoms with van der Waals surface area (Å²) in [6.45, 7) is 5.43. The monoisotopic (exact) mass is 247 g/mol. The van der Waals surface area contributed by atoms with E-state index in [1.807, 2.05) is 0 Å². The minimum absolute atomic E-state index is 0.0166. The fourth-order valence-corrected chi connectivity index (χ4v) is 0.951. The lowest BCUT2D eigenvalue weighted by Crippen LogP contribution is -2.48. The van der Waals surface area contributed by atoms with E-state index in [-0.39, 0.29) is 19.8 Å². The second-order valence-electron chi connectivity index (χ2n) is 4.34. The molecule has 0 spiro atoms. The van der Waals surface area contributed by atoms with E-state index in [9.17, 15) is 9.59 Å². The smallest absolute Gasteiger partial charge is 0.418 e. The summed E-state index contributed by atoms with van der Waals surface area (Å²) < 4.78 is 9.76. The normalized spacial score (nSPS) is 10.9. The van der Waals surface area contributed by atoms with Gasteiger partial charge in [0.1, 0.15) is 12.3 Å². The standard InChI is InChI=1S/C10H21N3O4/c1-10(2,3)17-9(15)13(6-5-11)8(14)12-7-16-4/h5-7,11H2,1-4H3,(H,12,14). The molecule has 0 radical (unpaired) electrons. The lowest BCUT2D eigenvalue weighted by Gasteiger charge is -2.25. The molecule has 3 N–H and O–H groups in total. The minimum Gasteiger partial charge on any atom is -0.443 e. The molecule has 17 heavy (non-hydrogen) atoms. The molecule has 0 aliphatic rings. The molecule has 0 atom stereocenters. The second-order valence-corrected chi connectivity index (χ2v) is 4.34. The zero-order valence-corrected chi connectivity index (χ0v) is 10.8. The van der Waals surface area contributed by atoms with Gasteiger partial charge in [-0.25, -0.2) is 14.5 Å². The van der Waals surface area contributed by atoms with Gasteiger partial charge in [-0.05, 0) is 20.8 Å². The van der Waals surface area contributed by atoms with Crippen molar-refractivity contribution in [2.75, 3.05) is 26.9 Å². The highest BCUT2D eigenvalue weighted by Gasteiger charge is 2.26. The van der Waals surface area contributed by atoms with Crippen LogP contribution in [0.5, 0.6) is 0 Å². The summed E-state index contributed by atoms with van der Waals surface area (Å²) in [5, 5.41) is 2.39. The van der Waals surface area contributed by atoms with Gasteiger partial charge in [0.05, 0.1) is 0 Å². The summed E-state index contributed by atoms with van der Waals surface area (Å²) in [5.74, 6) is 0. The van der Waals surface area contributed by atoms with E-state index < -0.39 is 17.7 Å². The third kappa shape index (κ3) is 6.75. The Morgan fingerprint density at radius 1 is 1.35 bits per heavy atom. The molecule has 0 aliphatic carbocycles. The van der Waals surface area contributed by atoms with Gasteiger partial charge in [0.2, 0.25) is 0 Å². The van der Waals surface area contributed by atoms with Gasteiger partial charge in [-0.3, -0.25) is 0 Å². The molecule has 0 bridgehead atoms. The number of hydrogen-bond donors (Lipinski definition) is 2. The van der Waals surface area contributed by atoms with Crippen molar-refractivity contribution in [2.45, 2.75) is 26.4 Å². The van der Waals surface area contributed by atoms with Crippen LogP contribution in [0.1, 0.15) is 20.8 Å². The summed E-state index contributed by atoms with van der Waals surface area (Å²) in [7, 11) is 1.43. The van der Waals surface area contributed by atoms with Crippen molar-refractivity contribution in [3.05, 3.63) is 0 Å². The Morgan fingerprint density at radius 2 is 1.94 bits per heavy atom. The van der Waals surface area contributed by atoms with Gasteiger partial charge in [-0.2, -0.15) is 0 Å². The first-order valence-electron chi connectivity index (χ1n) is 5.29. The molecule has 0 unspecified atom stereocenters. The topological polar surface area (TPSA) is 93.9 Å². The van der Waals surface area contributed by atoms with Crippen LogP contribution < -0.4 is 11.1 Å². The van der Waals surface area contributed by atoms with E-state index in [2.05, 4.69) is 10.1 Å². The largest absolute Gasteiger partial charge is 0.443 e. The van der Waals surface area contributed by atoms with Gasteiger partial charge >= 0.3 is 12.1 Å². The highest BCUT2D eigenvalue weighted by Crippen LogP contribution is 2.09. The molecule has 7 heteroatoms. The van der Waals surface area contributed by atoms with Crippen LogP contribution >= 0.6 is 0 Å². The van der Waals surface area contributed by atoms with Crippen molar-refractivity contribution in [3.8, 4) is 0 Å². The molecule has 0 aromatic heterocycles. The van der Waals surface area contributed by atoms with Crippen LogP contribution in [0.2, 0.25) is 0 Å². The quantitative estimate of drug-likeness (QED) is 0.705. The van der Waals surface area contributed by atoms with Gasteiger partial charge in [-0.1, -0.05) is 0 Å². The molecule has 7 nitrogen and oxygen atoms in total. The molecular weight excluding hydrogens is 226 g/mol. The maximum atomic E-state index is 11.7. The number of amides is 3. The molecule has 0 saturated carbocycles. The van der Waals surface area contributed by atoms with Crippen LogP contribution in [0.15, 0.2) is 0 Å². The number of rotatable bonds is 4. The van der Waals surface area contributed by atoms with Crippen molar-refractivity contribution in [1.82, 2.24) is 10.2 Å². The maximum Gasteiger partial charge on any atom is 0.418 e. The summed E-state index contributed by atoms with van der Waals surface area (Å²) >= 11 is 0. The number of methoxy groups -OCH3 is 1. The summed E-state index contributed by atoms with van der Waals surface area (Å²) in [6.07, 6.45) is -0.725. The number of nitrogens with two attached hydrogens (primary N) is 1. The van der Waals surface area contributed by atoms with Gasteiger partial charge in [-0.15, -0.1) is 0 Å². The molecule has 0 fully saturated rings. The van der Waals surface area contributed by atoms with Gasteiger partial charge in [0.25, 0.3) is 0 Å². The van der Waals surface area contributed by atoms with Crippen LogP contribution in [-0.2, 0) is 9.47 Å².